The van der Waals surface area contributed by atoms with Gasteiger partial charge in [0, 0.05) is 38.4 Å². The van der Waals surface area contributed by atoms with E-state index in [4.69, 9.17) is 5.73 Å². The zero-order chi connectivity index (χ0) is 18.9. The van der Waals surface area contributed by atoms with Crippen LogP contribution in [0.15, 0.2) is 18.3 Å². The van der Waals surface area contributed by atoms with Crippen LogP contribution < -0.4 is 10.6 Å². The van der Waals surface area contributed by atoms with E-state index in [0.29, 0.717) is 32.0 Å². The van der Waals surface area contributed by atoms with Crippen molar-refractivity contribution in [3.8, 4) is 0 Å². The molecule has 2 fully saturated rings. The second-order valence-corrected chi connectivity index (χ2v) is 7.32. The van der Waals surface area contributed by atoms with Crippen molar-refractivity contribution in [1.29, 1.82) is 0 Å². The molecular formula is C18H25F3N4O. The van der Waals surface area contributed by atoms with E-state index >= 15 is 0 Å². The van der Waals surface area contributed by atoms with Crippen molar-refractivity contribution in [2.75, 3.05) is 31.1 Å². The number of carbonyl (C=O) groups excluding carboxylic acids is 1. The molecule has 0 bridgehead atoms. The molecule has 3 rings (SSSR count). The number of hydrogen-bond acceptors (Lipinski definition) is 4. The van der Waals surface area contributed by atoms with Crippen LogP contribution in [0.25, 0.3) is 0 Å². The maximum Gasteiger partial charge on any atom is 0.416 e. The first-order chi connectivity index (χ1) is 12.2. The largest absolute Gasteiger partial charge is 0.416 e. The zero-order valence-electron chi connectivity index (χ0n) is 14.9. The molecular weight excluding hydrogens is 345 g/mol. The number of hydrogen-bond donors (Lipinski definition) is 1. The van der Waals surface area contributed by atoms with E-state index in [2.05, 4.69) is 4.98 Å². The smallest absolute Gasteiger partial charge is 0.353 e. The lowest BCUT2D eigenvalue weighted by atomic mass is 9.81. The number of carbonyl (C=O) groups is 1. The molecule has 2 heterocycles. The van der Waals surface area contributed by atoms with Gasteiger partial charge in [0.05, 0.1) is 11.0 Å². The number of pyridine rings is 1. The van der Waals surface area contributed by atoms with Crippen LogP contribution >= 0.6 is 0 Å². The highest BCUT2D eigenvalue weighted by Gasteiger charge is 2.45. The number of rotatable bonds is 3. The SMILES string of the molecule is CC[C@]1(C(=O)N2CCN(c3cc(C(F)(F)F)ccn3)CC2)CC[C@H](N)C1. The van der Waals surface area contributed by atoms with Crippen LogP contribution in [0.4, 0.5) is 19.0 Å². The number of nitrogens with zero attached hydrogens (tertiary/aromatic N) is 3. The minimum Gasteiger partial charge on any atom is -0.353 e. The van der Waals surface area contributed by atoms with Crippen LogP contribution in [-0.2, 0) is 11.0 Å². The van der Waals surface area contributed by atoms with Crippen molar-refractivity contribution in [3.05, 3.63) is 23.9 Å². The molecule has 0 spiro atoms. The molecule has 26 heavy (non-hydrogen) atoms. The van der Waals surface area contributed by atoms with Crippen molar-refractivity contribution < 1.29 is 18.0 Å². The lowest BCUT2D eigenvalue weighted by Gasteiger charge is -2.40. The van der Waals surface area contributed by atoms with Crippen molar-refractivity contribution in [1.82, 2.24) is 9.88 Å². The molecule has 8 heteroatoms. The summed E-state index contributed by atoms with van der Waals surface area (Å²) in [6.45, 7) is 3.97. The maximum absolute atomic E-state index is 13.0. The highest BCUT2D eigenvalue weighted by molar-refractivity contribution is 5.83. The Morgan fingerprint density at radius 2 is 2.04 bits per heavy atom. The van der Waals surface area contributed by atoms with Crippen LogP contribution in [0, 0.1) is 5.41 Å². The molecule has 2 atom stereocenters. The first-order valence-corrected chi connectivity index (χ1v) is 9.08. The minimum absolute atomic E-state index is 0.0782. The Bertz CT molecular complexity index is 658. The minimum atomic E-state index is -4.38. The van der Waals surface area contributed by atoms with E-state index in [-0.39, 0.29) is 17.4 Å². The maximum atomic E-state index is 13.0. The van der Waals surface area contributed by atoms with E-state index < -0.39 is 11.7 Å². The summed E-state index contributed by atoms with van der Waals surface area (Å²) in [6.07, 6.45) is -0.0227. The van der Waals surface area contributed by atoms with E-state index in [1.54, 1.807) is 4.90 Å². The summed E-state index contributed by atoms with van der Waals surface area (Å²) in [5, 5.41) is 0. The second kappa shape index (κ2) is 7.06. The molecule has 1 saturated carbocycles. The predicted octanol–water partition coefficient (Wildman–Crippen LogP) is 2.66. The van der Waals surface area contributed by atoms with Gasteiger partial charge in [0.15, 0.2) is 0 Å². The van der Waals surface area contributed by atoms with Gasteiger partial charge in [0.25, 0.3) is 0 Å². The second-order valence-electron chi connectivity index (χ2n) is 7.32. The molecule has 1 amide bonds. The Hall–Kier alpha value is -1.83. The molecule has 2 aliphatic rings. The van der Waals surface area contributed by atoms with Crippen LogP contribution in [0.5, 0.6) is 0 Å². The third-order valence-corrected chi connectivity index (χ3v) is 5.74. The third-order valence-electron chi connectivity index (χ3n) is 5.74. The van der Waals surface area contributed by atoms with E-state index in [1.807, 2.05) is 11.8 Å². The van der Waals surface area contributed by atoms with Gasteiger partial charge in [-0.3, -0.25) is 4.79 Å². The van der Waals surface area contributed by atoms with Gasteiger partial charge in [-0.25, -0.2) is 4.98 Å². The first kappa shape index (κ1) is 18.9. The Labute approximate surface area is 151 Å². The molecule has 0 unspecified atom stereocenters. The summed E-state index contributed by atoms with van der Waals surface area (Å²) >= 11 is 0. The fraction of sp³-hybridized carbons (Fsp3) is 0.667. The van der Waals surface area contributed by atoms with Gasteiger partial charge in [0.1, 0.15) is 5.82 Å². The topological polar surface area (TPSA) is 62.5 Å². The molecule has 5 nitrogen and oxygen atoms in total. The summed E-state index contributed by atoms with van der Waals surface area (Å²) < 4.78 is 38.6. The Morgan fingerprint density at radius 3 is 2.58 bits per heavy atom. The van der Waals surface area contributed by atoms with Crippen LogP contribution in [0.3, 0.4) is 0 Å². The van der Waals surface area contributed by atoms with Gasteiger partial charge >= 0.3 is 6.18 Å². The lowest BCUT2D eigenvalue weighted by molar-refractivity contribution is -0.142. The number of amides is 1. The standard InChI is InChI=1S/C18H25F3N4O/c1-2-17(5-3-14(22)12-17)16(26)25-9-7-24(8-10-25)15-11-13(4-6-23-15)18(19,20)21/h4,6,11,14H,2-3,5,7-10,12,22H2,1H3/t14-,17-/m0/s1. The van der Waals surface area contributed by atoms with Gasteiger partial charge in [-0.1, -0.05) is 6.92 Å². The average Bonchev–Trinajstić information content (AvgIpc) is 3.03. The monoisotopic (exact) mass is 370 g/mol. The molecule has 144 valence electrons. The Kier molecular flexibility index (Phi) is 5.14. The molecule has 0 radical (unpaired) electrons. The third kappa shape index (κ3) is 3.65. The summed E-state index contributed by atoms with van der Waals surface area (Å²) in [7, 11) is 0. The van der Waals surface area contributed by atoms with Crippen LogP contribution in [0.2, 0.25) is 0 Å². The van der Waals surface area contributed by atoms with Gasteiger partial charge in [0.2, 0.25) is 5.91 Å². The Balaban J connectivity index is 1.65. The van der Waals surface area contributed by atoms with Crippen molar-refractivity contribution in [3.63, 3.8) is 0 Å². The summed E-state index contributed by atoms with van der Waals surface area (Å²) in [6, 6.07) is 2.12. The highest BCUT2D eigenvalue weighted by Crippen LogP contribution is 2.42. The number of aromatic nitrogens is 1. The quantitative estimate of drug-likeness (QED) is 0.889. The molecule has 0 aromatic carbocycles. The van der Waals surface area contributed by atoms with Gasteiger partial charge in [-0.05, 0) is 37.8 Å². The molecule has 1 aromatic heterocycles. The molecule has 1 aliphatic carbocycles. The fourth-order valence-corrected chi connectivity index (χ4v) is 4.08. The van der Waals surface area contributed by atoms with Gasteiger partial charge < -0.3 is 15.5 Å². The number of nitrogens with two attached hydrogens (primary N) is 1. The number of piperazine rings is 1. The van der Waals surface area contributed by atoms with Crippen LogP contribution in [0.1, 0.15) is 38.2 Å². The molecule has 2 N–H and O–H groups in total. The summed E-state index contributed by atoms with van der Waals surface area (Å²) in [5.41, 5.74) is 4.95. The van der Waals surface area contributed by atoms with Gasteiger partial charge in [-0.2, -0.15) is 13.2 Å². The zero-order valence-corrected chi connectivity index (χ0v) is 14.9. The Morgan fingerprint density at radius 1 is 1.35 bits per heavy atom. The first-order valence-electron chi connectivity index (χ1n) is 9.08. The van der Waals surface area contributed by atoms with Crippen LogP contribution in [-0.4, -0.2) is 48.0 Å². The summed E-state index contributed by atoms with van der Waals surface area (Å²) in [5.74, 6) is 0.449. The van der Waals surface area contributed by atoms with E-state index in [0.717, 1.165) is 37.8 Å². The number of anilines is 1. The van der Waals surface area contributed by atoms with Crippen molar-refractivity contribution in [2.45, 2.75) is 44.8 Å². The predicted molar refractivity (Wildman–Crippen MR) is 92.6 cm³/mol. The van der Waals surface area contributed by atoms with E-state index in [9.17, 15) is 18.0 Å². The van der Waals surface area contributed by atoms with Gasteiger partial charge in [-0.15, -0.1) is 0 Å². The van der Waals surface area contributed by atoms with Crippen molar-refractivity contribution >= 4 is 11.7 Å². The lowest BCUT2D eigenvalue weighted by Crippen LogP contribution is -2.53. The molecule has 1 aliphatic heterocycles. The number of halogens is 3. The highest BCUT2D eigenvalue weighted by atomic mass is 19.4. The van der Waals surface area contributed by atoms with Crippen molar-refractivity contribution in [2.24, 2.45) is 11.1 Å². The number of alkyl halides is 3. The van der Waals surface area contributed by atoms with E-state index in [1.165, 1.54) is 6.20 Å². The average molecular weight is 370 g/mol. The normalized spacial score (nSPS) is 27.0. The fourth-order valence-electron chi connectivity index (χ4n) is 4.08. The molecule has 1 aromatic rings. The molecule has 1 saturated heterocycles. The summed E-state index contributed by atoms with van der Waals surface area (Å²) in [4.78, 5) is 20.7.